The summed E-state index contributed by atoms with van der Waals surface area (Å²) in [4.78, 5) is 23.5. The Morgan fingerprint density at radius 1 is 1.10 bits per heavy atom. The number of hydrogen-bond acceptors (Lipinski definition) is 6. The minimum absolute atomic E-state index is 0.0984. The van der Waals surface area contributed by atoms with Crippen LogP contribution in [0.3, 0.4) is 0 Å². The Hall–Kier alpha value is -3.61. The molecule has 0 fully saturated rings. The number of carbonyl (C=O) groups is 1. The number of nitrogens with one attached hydrogen (secondary N) is 1. The first kappa shape index (κ1) is 18.7. The highest BCUT2D eigenvalue weighted by molar-refractivity contribution is 6.07. The van der Waals surface area contributed by atoms with Crippen LogP contribution in [0.15, 0.2) is 54.9 Å². The van der Waals surface area contributed by atoms with E-state index in [1.807, 2.05) is 42.2 Å². The molecule has 4 rings (SSSR count). The zero-order chi connectivity index (χ0) is 20.4. The Morgan fingerprint density at radius 3 is 2.59 bits per heavy atom. The van der Waals surface area contributed by atoms with Gasteiger partial charge in [-0.15, -0.1) is 0 Å². The van der Waals surface area contributed by atoms with Crippen LogP contribution in [0.1, 0.15) is 22.8 Å². The molecular weight excluding hydrogens is 368 g/mol. The number of carbonyl (C=O) groups excluding carboxylic acids is 1. The van der Waals surface area contributed by atoms with E-state index in [9.17, 15) is 4.79 Å². The van der Waals surface area contributed by atoms with E-state index in [2.05, 4.69) is 21.4 Å². The third-order valence-corrected chi connectivity index (χ3v) is 4.98. The summed E-state index contributed by atoms with van der Waals surface area (Å²) in [6.07, 6.45) is 3.93. The molecule has 1 atom stereocenters. The first-order valence-electron chi connectivity index (χ1n) is 9.33. The van der Waals surface area contributed by atoms with E-state index in [0.29, 0.717) is 28.7 Å². The van der Waals surface area contributed by atoms with Crippen LogP contribution in [0.2, 0.25) is 0 Å². The lowest BCUT2D eigenvalue weighted by molar-refractivity contribution is 0.0981. The monoisotopic (exact) mass is 390 g/mol. The number of fused-ring (bicyclic) bond motifs is 1. The molecule has 3 aromatic rings. The average molecular weight is 390 g/mol. The molecule has 7 nitrogen and oxygen atoms in total. The number of amides is 1. The first-order chi connectivity index (χ1) is 14.1. The topological polar surface area (TPSA) is 76.6 Å². The predicted octanol–water partition coefficient (Wildman–Crippen LogP) is 3.83. The van der Waals surface area contributed by atoms with Crippen molar-refractivity contribution in [2.24, 2.45) is 0 Å². The molecule has 29 heavy (non-hydrogen) atoms. The van der Waals surface area contributed by atoms with Crippen molar-refractivity contribution in [2.45, 2.75) is 19.4 Å². The summed E-state index contributed by atoms with van der Waals surface area (Å²) < 4.78 is 10.6. The van der Waals surface area contributed by atoms with Crippen molar-refractivity contribution in [3.05, 3.63) is 66.0 Å². The van der Waals surface area contributed by atoms with E-state index in [1.165, 1.54) is 5.56 Å². The van der Waals surface area contributed by atoms with Gasteiger partial charge in [-0.05, 0) is 37.1 Å². The third-order valence-electron chi connectivity index (χ3n) is 4.98. The third kappa shape index (κ3) is 3.59. The Kier molecular flexibility index (Phi) is 5.03. The second kappa shape index (κ2) is 7.79. The van der Waals surface area contributed by atoms with Crippen molar-refractivity contribution in [1.82, 2.24) is 9.97 Å². The van der Waals surface area contributed by atoms with E-state index in [4.69, 9.17) is 9.47 Å². The van der Waals surface area contributed by atoms with Gasteiger partial charge >= 0.3 is 0 Å². The molecule has 1 N–H and O–H groups in total. The van der Waals surface area contributed by atoms with Gasteiger partial charge in [-0.1, -0.05) is 18.2 Å². The summed E-state index contributed by atoms with van der Waals surface area (Å²) in [5.41, 5.74) is 3.28. The van der Waals surface area contributed by atoms with Gasteiger partial charge in [0.1, 0.15) is 11.5 Å². The van der Waals surface area contributed by atoms with Crippen LogP contribution in [0.5, 0.6) is 11.5 Å². The number of hydrogen-bond donors (Lipinski definition) is 1. The van der Waals surface area contributed by atoms with Crippen LogP contribution in [-0.4, -0.2) is 36.1 Å². The highest BCUT2D eigenvalue weighted by atomic mass is 16.5. The van der Waals surface area contributed by atoms with Crippen molar-refractivity contribution in [1.29, 1.82) is 0 Å². The van der Waals surface area contributed by atoms with Crippen molar-refractivity contribution in [3.8, 4) is 11.5 Å². The largest absolute Gasteiger partial charge is 0.497 e. The SMILES string of the molecule is COc1ccc(Nc2ncc(C(=O)N3c4ccccc4CC3C)cn2)c(OC)c1. The lowest BCUT2D eigenvalue weighted by Gasteiger charge is -2.22. The molecule has 1 aromatic heterocycles. The molecule has 148 valence electrons. The minimum atomic E-state index is -0.101. The molecule has 7 heteroatoms. The van der Waals surface area contributed by atoms with Crippen LogP contribution in [0, 0.1) is 0 Å². The molecule has 1 aliphatic heterocycles. The van der Waals surface area contributed by atoms with Gasteiger partial charge < -0.3 is 19.7 Å². The van der Waals surface area contributed by atoms with Gasteiger partial charge in [0, 0.05) is 30.2 Å². The van der Waals surface area contributed by atoms with E-state index in [1.54, 1.807) is 32.7 Å². The fourth-order valence-corrected chi connectivity index (χ4v) is 3.54. The molecule has 0 saturated carbocycles. The molecule has 2 aromatic carbocycles. The summed E-state index contributed by atoms with van der Waals surface area (Å²) in [6, 6.07) is 13.5. The van der Waals surface area contributed by atoms with E-state index >= 15 is 0 Å². The van der Waals surface area contributed by atoms with Crippen LogP contribution >= 0.6 is 0 Å². The number of ether oxygens (including phenoxy) is 2. The van der Waals surface area contributed by atoms with E-state index in [0.717, 1.165) is 12.1 Å². The van der Waals surface area contributed by atoms with Crippen LogP contribution in [-0.2, 0) is 6.42 Å². The molecule has 0 bridgehead atoms. The average Bonchev–Trinajstić information content (AvgIpc) is 3.09. The number of aromatic nitrogens is 2. The second-order valence-electron chi connectivity index (χ2n) is 6.84. The fourth-order valence-electron chi connectivity index (χ4n) is 3.54. The Labute approximate surface area is 169 Å². The Bertz CT molecular complexity index is 1040. The highest BCUT2D eigenvalue weighted by Gasteiger charge is 2.31. The van der Waals surface area contributed by atoms with Crippen molar-refractivity contribution < 1.29 is 14.3 Å². The summed E-state index contributed by atoms with van der Waals surface area (Å²) in [5.74, 6) is 1.57. The molecule has 1 amide bonds. The zero-order valence-corrected chi connectivity index (χ0v) is 16.5. The van der Waals surface area contributed by atoms with Crippen molar-refractivity contribution in [2.75, 3.05) is 24.4 Å². The zero-order valence-electron chi connectivity index (χ0n) is 16.5. The second-order valence-corrected chi connectivity index (χ2v) is 6.84. The Morgan fingerprint density at radius 2 is 1.86 bits per heavy atom. The maximum atomic E-state index is 13.1. The van der Waals surface area contributed by atoms with Crippen LogP contribution in [0.25, 0.3) is 0 Å². The number of methoxy groups -OCH3 is 2. The highest BCUT2D eigenvalue weighted by Crippen LogP contribution is 2.33. The maximum Gasteiger partial charge on any atom is 0.261 e. The summed E-state index contributed by atoms with van der Waals surface area (Å²) in [7, 11) is 3.18. The van der Waals surface area contributed by atoms with Crippen LogP contribution in [0.4, 0.5) is 17.3 Å². The van der Waals surface area contributed by atoms with E-state index < -0.39 is 0 Å². The lowest BCUT2D eigenvalue weighted by atomic mass is 10.1. The quantitative estimate of drug-likeness (QED) is 0.714. The predicted molar refractivity (Wildman–Crippen MR) is 111 cm³/mol. The maximum absolute atomic E-state index is 13.1. The Balaban J connectivity index is 1.54. The lowest BCUT2D eigenvalue weighted by Crippen LogP contribution is -2.35. The molecule has 1 aliphatic rings. The van der Waals surface area contributed by atoms with Crippen LogP contribution < -0.4 is 19.7 Å². The molecular formula is C22H22N4O3. The van der Waals surface area contributed by atoms with Gasteiger partial charge in [-0.25, -0.2) is 9.97 Å². The minimum Gasteiger partial charge on any atom is -0.497 e. The molecule has 0 spiro atoms. The fraction of sp³-hybridized carbons (Fsp3) is 0.227. The number of para-hydroxylation sites is 1. The number of benzene rings is 2. The summed E-state index contributed by atoms with van der Waals surface area (Å²) in [6.45, 7) is 2.05. The van der Waals surface area contributed by atoms with Crippen molar-refractivity contribution in [3.63, 3.8) is 0 Å². The van der Waals surface area contributed by atoms with Gasteiger partial charge in [0.05, 0.1) is 25.5 Å². The van der Waals surface area contributed by atoms with Crippen molar-refractivity contribution >= 4 is 23.2 Å². The van der Waals surface area contributed by atoms with E-state index in [-0.39, 0.29) is 11.9 Å². The van der Waals surface area contributed by atoms with Gasteiger partial charge in [0.15, 0.2) is 0 Å². The number of anilines is 3. The molecule has 2 heterocycles. The molecule has 0 aliphatic carbocycles. The summed E-state index contributed by atoms with van der Waals surface area (Å²) >= 11 is 0. The number of nitrogens with zero attached hydrogens (tertiary/aromatic N) is 3. The summed E-state index contributed by atoms with van der Waals surface area (Å²) in [5, 5.41) is 3.11. The molecule has 1 unspecified atom stereocenters. The van der Waals surface area contributed by atoms with Gasteiger partial charge in [-0.3, -0.25) is 4.79 Å². The number of rotatable bonds is 5. The van der Waals surface area contributed by atoms with Gasteiger partial charge in [0.25, 0.3) is 5.91 Å². The molecule has 0 radical (unpaired) electrons. The first-order valence-corrected chi connectivity index (χ1v) is 9.33. The smallest absolute Gasteiger partial charge is 0.261 e. The molecule has 0 saturated heterocycles. The van der Waals surface area contributed by atoms with Gasteiger partial charge in [0.2, 0.25) is 5.95 Å². The van der Waals surface area contributed by atoms with Gasteiger partial charge in [-0.2, -0.15) is 0 Å². The normalized spacial score (nSPS) is 15.0. The standard InChI is InChI=1S/C22H22N4O3/c1-14-10-15-6-4-5-7-19(15)26(14)21(27)16-12-23-22(24-13-16)25-18-9-8-17(28-2)11-20(18)29-3/h4-9,11-14H,10H2,1-3H3,(H,23,24,25).